The van der Waals surface area contributed by atoms with Crippen molar-refractivity contribution in [3.63, 3.8) is 0 Å². The van der Waals surface area contributed by atoms with Gasteiger partial charge in [0.05, 0.1) is 6.04 Å². The molecule has 0 radical (unpaired) electrons. The van der Waals surface area contributed by atoms with Crippen molar-refractivity contribution in [1.82, 2.24) is 10.2 Å². The van der Waals surface area contributed by atoms with Crippen LogP contribution in [0.1, 0.15) is 30.0 Å². The minimum Gasteiger partial charge on any atom is -0.408 e. The van der Waals surface area contributed by atoms with Gasteiger partial charge in [-0.2, -0.15) is 0 Å². The van der Waals surface area contributed by atoms with Gasteiger partial charge < -0.3 is 9.32 Å². The smallest absolute Gasteiger partial charge is 0.318 e. The third kappa shape index (κ3) is 1.80. The van der Waals surface area contributed by atoms with Crippen LogP contribution in [0.25, 0.3) is 5.57 Å². The molecule has 0 N–H and O–H groups in total. The van der Waals surface area contributed by atoms with E-state index in [1.807, 2.05) is 18.3 Å². The second-order valence-electron chi connectivity index (χ2n) is 5.18. The van der Waals surface area contributed by atoms with Crippen LogP contribution in [0.3, 0.4) is 0 Å². The predicted molar refractivity (Wildman–Crippen MR) is 75.2 cm³/mol. The van der Waals surface area contributed by atoms with E-state index in [0.717, 1.165) is 6.42 Å². The highest BCUT2D eigenvalue weighted by molar-refractivity contribution is 7.11. The summed E-state index contributed by atoms with van der Waals surface area (Å²) in [6, 6.07) is 5.94. The lowest BCUT2D eigenvalue weighted by Gasteiger charge is -2.32. The summed E-state index contributed by atoms with van der Waals surface area (Å²) in [5.74, 6) is 0.641. The zero-order chi connectivity index (χ0) is 12.8. The van der Waals surface area contributed by atoms with Gasteiger partial charge in [0, 0.05) is 17.8 Å². The van der Waals surface area contributed by atoms with Crippen LogP contribution in [0, 0.1) is 6.92 Å². The number of rotatable bonds is 2. The van der Waals surface area contributed by atoms with Crippen LogP contribution in [0.5, 0.6) is 0 Å². The highest BCUT2D eigenvalue weighted by Gasteiger charge is 2.39. The van der Waals surface area contributed by atoms with E-state index < -0.39 is 0 Å². The summed E-state index contributed by atoms with van der Waals surface area (Å²) in [6.07, 6.45) is 5.85. The topological polar surface area (TPSA) is 42.2 Å². The number of aryl methyl sites for hydroxylation is 1. The van der Waals surface area contributed by atoms with E-state index in [0.29, 0.717) is 24.0 Å². The Morgan fingerprint density at radius 1 is 1.37 bits per heavy atom. The zero-order valence-corrected chi connectivity index (χ0v) is 11.6. The first-order chi connectivity index (χ1) is 9.31. The fourth-order valence-electron chi connectivity index (χ4n) is 3.16. The monoisotopic (exact) mass is 273 g/mol. The summed E-state index contributed by atoms with van der Waals surface area (Å²) in [5.41, 5.74) is 1.48. The summed E-state index contributed by atoms with van der Waals surface area (Å²) in [7, 11) is 0. The largest absolute Gasteiger partial charge is 0.408 e. The second kappa shape index (κ2) is 4.20. The number of hydrogen-bond donors (Lipinski definition) is 0. The third-order valence-electron chi connectivity index (χ3n) is 3.97. The Bertz CT molecular complexity index is 616. The highest BCUT2D eigenvalue weighted by Crippen LogP contribution is 2.41. The molecule has 2 bridgehead atoms. The van der Waals surface area contributed by atoms with Gasteiger partial charge in [0.15, 0.2) is 0 Å². The first-order valence-corrected chi connectivity index (χ1v) is 7.52. The maximum Gasteiger partial charge on any atom is 0.318 e. The molecule has 19 heavy (non-hydrogen) atoms. The lowest BCUT2D eigenvalue weighted by atomic mass is 10.0. The number of thiophene rings is 1. The van der Waals surface area contributed by atoms with Crippen molar-refractivity contribution in [1.29, 1.82) is 0 Å². The number of nitrogens with zero attached hydrogens (tertiary/aromatic N) is 3. The van der Waals surface area contributed by atoms with Gasteiger partial charge in [-0.3, -0.25) is 0 Å². The first-order valence-electron chi connectivity index (χ1n) is 6.64. The predicted octanol–water partition coefficient (Wildman–Crippen LogP) is 3.26. The van der Waals surface area contributed by atoms with Crippen molar-refractivity contribution in [2.24, 2.45) is 0 Å². The van der Waals surface area contributed by atoms with Crippen molar-refractivity contribution >= 4 is 22.9 Å². The van der Waals surface area contributed by atoms with E-state index in [2.05, 4.69) is 38.7 Å². The molecule has 2 aromatic heterocycles. The Morgan fingerprint density at radius 3 is 3.00 bits per heavy atom. The van der Waals surface area contributed by atoms with E-state index in [-0.39, 0.29) is 0 Å². The summed E-state index contributed by atoms with van der Waals surface area (Å²) in [6.45, 7) is 1.84. The van der Waals surface area contributed by atoms with Crippen LogP contribution in [-0.2, 0) is 0 Å². The Hall–Kier alpha value is -1.62. The van der Waals surface area contributed by atoms with Crippen molar-refractivity contribution in [2.45, 2.75) is 38.3 Å². The maximum atomic E-state index is 5.61. The first kappa shape index (κ1) is 11.2. The van der Waals surface area contributed by atoms with Crippen molar-refractivity contribution in [3.05, 3.63) is 34.4 Å². The third-order valence-corrected chi connectivity index (χ3v) is 4.91. The molecule has 2 aliphatic rings. The lowest BCUT2D eigenvalue weighted by molar-refractivity contribution is 0.484. The SMILES string of the molecule is Cc1nnc(N2C3C=C(c4cccs4)CC2CC3)o1. The fourth-order valence-corrected chi connectivity index (χ4v) is 3.93. The van der Waals surface area contributed by atoms with Crippen LogP contribution in [-0.4, -0.2) is 22.3 Å². The molecule has 0 aromatic carbocycles. The molecule has 4 nitrogen and oxygen atoms in total. The quantitative estimate of drug-likeness (QED) is 0.842. The summed E-state index contributed by atoms with van der Waals surface area (Å²) in [5, 5.41) is 10.3. The van der Waals surface area contributed by atoms with E-state index in [1.165, 1.54) is 23.3 Å². The average Bonchev–Trinajstić information content (AvgIpc) is 3.10. The normalized spacial score (nSPS) is 25.7. The standard InChI is InChI=1S/C14H15N3OS/c1-9-15-16-14(18-9)17-11-4-5-12(17)8-10(7-11)13-3-2-6-19-13/h2-3,6-7,11-12H,4-5,8H2,1H3. The van der Waals surface area contributed by atoms with Gasteiger partial charge in [0.2, 0.25) is 5.89 Å². The Balaban J connectivity index is 1.68. The molecule has 0 aliphatic carbocycles. The van der Waals surface area contributed by atoms with E-state index in [9.17, 15) is 0 Å². The molecule has 1 fully saturated rings. The van der Waals surface area contributed by atoms with Gasteiger partial charge in [-0.15, -0.1) is 16.4 Å². The molecule has 0 amide bonds. The van der Waals surface area contributed by atoms with Gasteiger partial charge in [-0.05, 0) is 36.3 Å². The molecule has 5 heteroatoms. The highest BCUT2D eigenvalue weighted by atomic mass is 32.1. The molecular weight excluding hydrogens is 258 g/mol. The van der Waals surface area contributed by atoms with Crippen LogP contribution in [0.4, 0.5) is 6.01 Å². The van der Waals surface area contributed by atoms with E-state index in [4.69, 9.17) is 4.42 Å². The van der Waals surface area contributed by atoms with Crippen LogP contribution < -0.4 is 4.90 Å². The summed E-state index contributed by atoms with van der Waals surface area (Å²) >= 11 is 1.82. The fraction of sp³-hybridized carbons (Fsp3) is 0.429. The average molecular weight is 273 g/mol. The molecular formula is C14H15N3OS. The molecule has 1 saturated heterocycles. The molecule has 0 spiro atoms. The van der Waals surface area contributed by atoms with Gasteiger partial charge >= 0.3 is 6.01 Å². The summed E-state index contributed by atoms with van der Waals surface area (Å²) < 4.78 is 5.61. The Labute approximate surface area is 115 Å². The van der Waals surface area contributed by atoms with Gasteiger partial charge in [-0.1, -0.05) is 17.2 Å². The number of fused-ring (bicyclic) bond motifs is 2. The second-order valence-corrected chi connectivity index (χ2v) is 6.13. The zero-order valence-electron chi connectivity index (χ0n) is 10.7. The van der Waals surface area contributed by atoms with Crippen LogP contribution >= 0.6 is 11.3 Å². The van der Waals surface area contributed by atoms with Crippen LogP contribution in [0.15, 0.2) is 28.0 Å². The van der Waals surface area contributed by atoms with Gasteiger partial charge in [-0.25, -0.2) is 0 Å². The maximum absolute atomic E-state index is 5.61. The molecule has 4 rings (SSSR count). The van der Waals surface area contributed by atoms with Crippen molar-refractivity contribution < 1.29 is 4.42 Å². The molecule has 2 atom stereocenters. The van der Waals surface area contributed by atoms with Crippen molar-refractivity contribution in [3.8, 4) is 0 Å². The number of hydrogen-bond acceptors (Lipinski definition) is 5. The minimum atomic E-state index is 0.413. The van der Waals surface area contributed by atoms with Crippen molar-refractivity contribution in [2.75, 3.05) is 4.90 Å². The molecule has 2 unspecified atom stereocenters. The molecule has 2 aromatic rings. The van der Waals surface area contributed by atoms with Crippen LogP contribution in [0.2, 0.25) is 0 Å². The summed E-state index contributed by atoms with van der Waals surface area (Å²) in [4.78, 5) is 3.70. The minimum absolute atomic E-state index is 0.413. The molecule has 4 heterocycles. The number of aromatic nitrogens is 2. The molecule has 2 aliphatic heterocycles. The van der Waals surface area contributed by atoms with Gasteiger partial charge in [0.1, 0.15) is 0 Å². The molecule has 0 saturated carbocycles. The van der Waals surface area contributed by atoms with E-state index >= 15 is 0 Å². The number of anilines is 1. The Kier molecular flexibility index (Phi) is 2.48. The van der Waals surface area contributed by atoms with E-state index in [1.54, 1.807) is 0 Å². The van der Waals surface area contributed by atoms with Gasteiger partial charge in [0.25, 0.3) is 0 Å². The molecule has 98 valence electrons. The Morgan fingerprint density at radius 2 is 2.32 bits per heavy atom. The lowest BCUT2D eigenvalue weighted by Crippen LogP contribution is -2.38.